The quantitative estimate of drug-likeness (QED) is 0.885. The second-order valence-electron chi connectivity index (χ2n) is 4.33. The van der Waals surface area contributed by atoms with E-state index in [1.807, 2.05) is 0 Å². The molecule has 98 valence electrons. The van der Waals surface area contributed by atoms with E-state index >= 15 is 0 Å². The molecule has 0 spiro atoms. The lowest BCUT2D eigenvalue weighted by Crippen LogP contribution is -2.37. The highest BCUT2D eigenvalue weighted by Gasteiger charge is 2.21. The number of anilines is 1. The minimum atomic E-state index is -0.225. The highest BCUT2D eigenvalue weighted by atomic mass is 35.5. The number of hydrogen-bond donors (Lipinski definition) is 2. The van der Waals surface area contributed by atoms with Crippen molar-refractivity contribution in [2.75, 3.05) is 19.0 Å². The summed E-state index contributed by atoms with van der Waals surface area (Å²) in [7, 11) is 1.60. The van der Waals surface area contributed by atoms with Crippen LogP contribution in [0.2, 0.25) is 5.02 Å². The van der Waals surface area contributed by atoms with Gasteiger partial charge in [-0.3, -0.25) is 4.79 Å². The predicted molar refractivity (Wildman–Crippen MR) is 72.3 cm³/mol. The van der Waals surface area contributed by atoms with Crippen molar-refractivity contribution in [3.05, 3.63) is 23.2 Å². The Morgan fingerprint density at radius 1 is 1.44 bits per heavy atom. The van der Waals surface area contributed by atoms with Crippen molar-refractivity contribution in [3.63, 3.8) is 0 Å². The van der Waals surface area contributed by atoms with Crippen LogP contribution < -0.4 is 15.4 Å². The number of amides is 1. The van der Waals surface area contributed by atoms with E-state index in [4.69, 9.17) is 16.3 Å². The SMILES string of the molecule is COc1ccc(Cl)c(NC2CCCCNC2=O)c1. The first-order chi connectivity index (χ1) is 8.70. The molecule has 18 heavy (non-hydrogen) atoms. The molecule has 0 radical (unpaired) electrons. The molecule has 1 amide bonds. The lowest BCUT2D eigenvalue weighted by Gasteiger charge is -2.18. The second-order valence-corrected chi connectivity index (χ2v) is 4.74. The number of carbonyl (C=O) groups excluding carboxylic acids is 1. The molecule has 0 bridgehead atoms. The third-order valence-corrected chi connectivity index (χ3v) is 3.37. The van der Waals surface area contributed by atoms with Crippen LogP contribution in [0.3, 0.4) is 0 Å². The number of benzene rings is 1. The summed E-state index contributed by atoms with van der Waals surface area (Å²) in [5.41, 5.74) is 0.734. The molecule has 0 aliphatic carbocycles. The Morgan fingerprint density at radius 3 is 3.06 bits per heavy atom. The van der Waals surface area contributed by atoms with E-state index < -0.39 is 0 Å². The van der Waals surface area contributed by atoms with Gasteiger partial charge in [0.05, 0.1) is 17.8 Å². The summed E-state index contributed by atoms with van der Waals surface area (Å²) in [5, 5.41) is 6.67. The van der Waals surface area contributed by atoms with Gasteiger partial charge in [0.2, 0.25) is 5.91 Å². The standard InChI is InChI=1S/C13H17ClN2O2/c1-18-9-5-6-10(14)12(8-9)16-11-4-2-3-7-15-13(11)17/h5-6,8,11,16H,2-4,7H2,1H3,(H,15,17). The average molecular weight is 269 g/mol. The zero-order valence-corrected chi connectivity index (χ0v) is 11.1. The molecule has 0 aromatic heterocycles. The largest absolute Gasteiger partial charge is 0.497 e. The summed E-state index contributed by atoms with van der Waals surface area (Å²) in [6.07, 6.45) is 2.87. The van der Waals surface area contributed by atoms with E-state index in [2.05, 4.69) is 10.6 Å². The van der Waals surface area contributed by atoms with Crippen LogP contribution in [-0.4, -0.2) is 25.6 Å². The van der Waals surface area contributed by atoms with Crippen LogP contribution in [0.25, 0.3) is 0 Å². The number of ether oxygens (including phenoxy) is 1. The summed E-state index contributed by atoms with van der Waals surface area (Å²) < 4.78 is 5.15. The number of carbonyl (C=O) groups is 1. The molecule has 5 heteroatoms. The summed E-state index contributed by atoms with van der Waals surface area (Å²) >= 11 is 6.11. The Labute approximate surface area is 112 Å². The van der Waals surface area contributed by atoms with Crippen molar-refractivity contribution >= 4 is 23.2 Å². The van der Waals surface area contributed by atoms with Gasteiger partial charge in [-0.1, -0.05) is 11.6 Å². The minimum absolute atomic E-state index is 0.0337. The van der Waals surface area contributed by atoms with Gasteiger partial charge in [0.25, 0.3) is 0 Å². The smallest absolute Gasteiger partial charge is 0.242 e. The first kappa shape index (κ1) is 13.0. The highest BCUT2D eigenvalue weighted by Crippen LogP contribution is 2.28. The van der Waals surface area contributed by atoms with Crippen LogP contribution in [0.5, 0.6) is 5.75 Å². The average Bonchev–Trinajstić information content (AvgIpc) is 2.58. The van der Waals surface area contributed by atoms with Gasteiger partial charge in [-0.25, -0.2) is 0 Å². The highest BCUT2D eigenvalue weighted by molar-refractivity contribution is 6.33. The Kier molecular flexibility index (Phi) is 4.31. The topological polar surface area (TPSA) is 50.4 Å². The fourth-order valence-electron chi connectivity index (χ4n) is 2.01. The van der Waals surface area contributed by atoms with Crippen molar-refractivity contribution < 1.29 is 9.53 Å². The molecule has 1 aliphatic rings. The number of methoxy groups -OCH3 is 1. The van der Waals surface area contributed by atoms with E-state index in [0.29, 0.717) is 5.02 Å². The van der Waals surface area contributed by atoms with Gasteiger partial charge in [-0.15, -0.1) is 0 Å². The van der Waals surface area contributed by atoms with Gasteiger partial charge in [0.1, 0.15) is 11.8 Å². The lowest BCUT2D eigenvalue weighted by molar-refractivity contribution is -0.121. The summed E-state index contributed by atoms with van der Waals surface area (Å²) in [4.78, 5) is 11.8. The van der Waals surface area contributed by atoms with Crippen LogP contribution in [0.1, 0.15) is 19.3 Å². The van der Waals surface area contributed by atoms with Crippen molar-refractivity contribution in [2.45, 2.75) is 25.3 Å². The minimum Gasteiger partial charge on any atom is -0.497 e. The number of halogens is 1. The normalized spacial score (nSPS) is 19.9. The summed E-state index contributed by atoms with van der Waals surface area (Å²) in [6, 6.07) is 5.13. The Hall–Kier alpha value is -1.42. The lowest BCUT2D eigenvalue weighted by atomic mass is 10.1. The molecule has 1 atom stereocenters. The molecule has 1 fully saturated rings. The van der Waals surface area contributed by atoms with Crippen molar-refractivity contribution in [1.29, 1.82) is 0 Å². The Balaban J connectivity index is 2.14. The maximum absolute atomic E-state index is 11.8. The number of rotatable bonds is 3. The van der Waals surface area contributed by atoms with Gasteiger partial charge < -0.3 is 15.4 Å². The van der Waals surface area contributed by atoms with Gasteiger partial charge >= 0.3 is 0 Å². The van der Waals surface area contributed by atoms with E-state index in [9.17, 15) is 4.79 Å². The monoisotopic (exact) mass is 268 g/mol. The molecule has 2 N–H and O–H groups in total. The third-order valence-electron chi connectivity index (χ3n) is 3.04. The molecule has 1 saturated heterocycles. The summed E-state index contributed by atoms with van der Waals surface area (Å²) in [5.74, 6) is 0.752. The van der Waals surface area contributed by atoms with Crippen LogP contribution in [-0.2, 0) is 4.79 Å². The molecule has 2 rings (SSSR count). The van der Waals surface area contributed by atoms with Gasteiger partial charge in [0, 0.05) is 12.6 Å². The molecular weight excluding hydrogens is 252 g/mol. The van der Waals surface area contributed by atoms with E-state index in [1.54, 1.807) is 25.3 Å². The van der Waals surface area contributed by atoms with Crippen LogP contribution in [0, 0.1) is 0 Å². The molecule has 1 aliphatic heterocycles. The van der Waals surface area contributed by atoms with Crippen LogP contribution in [0.4, 0.5) is 5.69 Å². The van der Waals surface area contributed by atoms with Crippen LogP contribution >= 0.6 is 11.6 Å². The molecule has 1 aromatic carbocycles. The fraction of sp³-hybridized carbons (Fsp3) is 0.462. The molecule has 0 saturated carbocycles. The van der Waals surface area contributed by atoms with Crippen LogP contribution in [0.15, 0.2) is 18.2 Å². The Morgan fingerprint density at radius 2 is 2.28 bits per heavy atom. The molecule has 1 unspecified atom stereocenters. The fourth-order valence-corrected chi connectivity index (χ4v) is 2.18. The number of hydrogen-bond acceptors (Lipinski definition) is 3. The van der Waals surface area contributed by atoms with E-state index in [0.717, 1.165) is 37.2 Å². The van der Waals surface area contributed by atoms with Crippen molar-refractivity contribution in [2.24, 2.45) is 0 Å². The predicted octanol–water partition coefficient (Wildman–Crippen LogP) is 2.43. The maximum Gasteiger partial charge on any atom is 0.242 e. The zero-order chi connectivity index (χ0) is 13.0. The molecule has 1 aromatic rings. The van der Waals surface area contributed by atoms with Crippen molar-refractivity contribution in [1.82, 2.24) is 5.32 Å². The first-order valence-electron chi connectivity index (χ1n) is 6.08. The second kappa shape index (κ2) is 5.96. The molecule has 4 nitrogen and oxygen atoms in total. The first-order valence-corrected chi connectivity index (χ1v) is 6.46. The van der Waals surface area contributed by atoms with Crippen molar-refractivity contribution in [3.8, 4) is 5.75 Å². The zero-order valence-electron chi connectivity index (χ0n) is 10.3. The number of nitrogens with one attached hydrogen (secondary N) is 2. The summed E-state index contributed by atoms with van der Waals surface area (Å²) in [6.45, 7) is 0.753. The van der Waals surface area contributed by atoms with Gasteiger partial charge in [-0.05, 0) is 31.4 Å². The molecule has 1 heterocycles. The van der Waals surface area contributed by atoms with Gasteiger partial charge in [0.15, 0.2) is 0 Å². The third kappa shape index (κ3) is 3.07. The Bertz CT molecular complexity index is 437. The molecular formula is C13H17ClN2O2. The maximum atomic E-state index is 11.8. The van der Waals surface area contributed by atoms with E-state index in [-0.39, 0.29) is 11.9 Å². The van der Waals surface area contributed by atoms with E-state index in [1.165, 1.54) is 0 Å². The van der Waals surface area contributed by atoms with Gasteiger partial charge in [-0.2, -0.15) is 0 Å².